The molecule has 7 heteroatoms. The highest BCUT2D eigenvalue weighted by atomic mass is 16.6. The van der Waals surface area contributed by atoms with Gasteiger partial charge in [0.25, 0.3) is 0 Å². The molecular weight excluding hydrogens is 420 g/mol. The van der Waals surface area contributed by atoms with E-state index in [0.29, 0.717) is 30.8 Å². The normalized spacial score (nSPS) is 22.3. The lowest BCUT2D eigenvalue weighted by molar-refractivity contribution is -0.134. The number of carbonyl (C=O) groups excluding carboxylic acids is 3. The summed E-state index contributed by atoms with van der Waals surface area (Å²) in [5, 5.41) is 2.69. The Hall–Kier alpha value is -3.61. The van der Waals surface area contributed by atoms with Gasteiger partial charge in [-0.1, -0.05) is 42.5 Å². The molecule has 2 aliphatic heterocycles. The van der Waals surface area contributed by atoms with Gasteiger partial charge in [-0.05, 0) is 43.5 Å². The smallest absolute Gasteiger partial charge is 0.411 e. The number of anilines is 1. The molecule has 7 nitrogen and oxygen atoms in total. The molecule has 1 saturated heterocycles. The number of amides is 2. The summed E-state index contributed by atoms with van der Waals surface area (Å²) in [7, 11) is 0. The van der Waals surface area contributed by atoms with Crippen molar-refractivity contribution >= 4 is 23.7 Å². The molecule has 1 unspecified atom stereocenters. The minimum atomic E-state index is -0.736. The number of nitrogens with zero attached hydrogens (tertiary/aromatic N) is 1. The first-order chi connectivity index (χ1) is 16.0. The van der Waals surface area contributed by atoms with E-state index in [2.05, 4.69) is 5.32 Å². The van der Waals surface area contributed by atoms with Gasteiger partial charge in [0, 0.05) is 24.2 Å². The summed E-state index contributed by atoms with van der Waals surface area (Å²) in [6, 6.07) is 14.8. The van der Waals surface area contributed by atoms with Crippen LogP contribution in [0.4, 0.5) is 10.5 Å². The Labute approximate surface area is 192 Å². The number of benzene rings is 2. The predicted octanol–water partition coefficient (Wildman–Crippen LogP) is 4.14. The first-order valence-corrected chi connectivity index (χ1v) is 11.3. The van der Waals surface area contributed by atoms with Gasteiger partial charge < -0.3 is 14.4 Å². The van der Waals surface area contributed by atoms with Crippen LogP contribution < -0.4 is 5.32 Å². The van der Waals surface area contributed by atoms with Crippen molar-refractivity contribution in [1.82, 2.24) is 4.90 Å². The predicted molar refractivity (Wildman–Crippen MR) is 122 cm³/mol. The second kappa shape index (κ2) is 8.06. The molecule has 1 saturated carbocycles. The van der Waals surface area contributed by atoms with Gasteiger partial charge in [0.05, 0.1) is 17.5 Å². The van der Waals surface area contributed by atoms with Crippen LogP contribution in [0.1, 0.15) is 47.7 Å². The van der Waals surface area contributed by atoms with Crippen molar-refractivity contribution in [2.75, 3.05) is 25.0 Å². The van der Waals surface area contributed by atoms with E-state index in [9.17, 15) is 14.4 Å². The van der Waals surface area contributed by atoms with Crippen LogP contribution in [0.25, 0.3) is 0 Å². The topological polar surface area (TPSA) is 84.9 Å². The lowest BCUT2D eigenvalue weighted by Crippen LogP contribution is -2.40. The highest BCUT2D eigenvalue weighted by Gasteiger charge is 2.57. The van der Waals surface area contributed by atoms with Gasteiger partial charge in [-0.15, -0.1) is 0 Å². The maximum absolute atomic E-state index is 13.6. The lowest BCUT2D eigenvalue weighted by Gasteiger charge is -2.27. The van der Waals surface area contributed by atoms with Crippen LogP contribution in [0.15, 0.2) is 60.7 Å². The standard InChI is InChI=1S/C26H26N2O5/c1-2-3-16-32-24(31)27-19-10-8-18(9-11-19)25(12-13-25)23(30)28-15-14-26(17-28)21-7-5-4-6-20(21)22(29)33-26/h2-11H,12-17H2,1H3,(H,27,31). The molecule has 2 aromatic rings. The number of carbonyl (C=O) groups is 3. The summed E-state index contributed by atoms with van der Waals surface area (Å²) < 4.78 is 10.8. The third-order valence-corrected chi connectivity index (χ3v) is 6.83. The number of fused-ring (bicyclic) bond motifs is 2. The van der Waals surface area contributed by atoms with Crippen molar-refractivity contribution in [2.45, 2.75) is 37.2 Å². The van der Waals surface area contributed by atoms with Crippen molar-refractivity contribution in [3.05, 3.63) is 77.4 Å². The van der Waals surface area contributed by atoms with E-state index in [1.54, 1.807) is 24.3 Å². The number of nitrogens with one attached hydrogen (secondary N) is 1. The molecule has 1 N–H and O–H groups in total. The Morgan fingerprint density at radius 1 is 1.12 bits per heavy atom. The molecule has 1 aliphatic carbocycles. The third-order valence-electron chi connectivity index (χ3n) is 6.83. The molecule has 0 aromatic heterocycles. The summed E-state index contributed by atoms with van der Waals surface area (Å²) in [5.41, 5.74) is 1.75. The Kier molecular flexibility index (Phi) is 5.19. The summed E-state index contributed by atoms with van der Waals surface area (Å²) >= 11 is 0. The number of allylic oxidation sites excluding steroid dienone is 1. The second-order valence-electron chi connectivity index (χ2n) is 8.86. The fourth-order valence-corrected chi connectivity index (χ4v) is 4.90. The van der Waals surface area contributed by atoms with Crippen molar-refractivity contribution in [3.63, 3.8) is 0 Å². The zero-order chi connectivity index (χ0) is 23.1. The first kappa shape index (κ1) is 21.2. The van der Waals surface area contributed by atoms with Crippen molar-refractivity contribution in [2.24, 2.45) is 0 Å². The maximum Gasteiger partial charge on any atom is 0.411 e. The zero-order valence-corrected chi connectivity index (χ0v) is 18.5. The highest BCUT2D eigenvalue weighted by molar-refractivity contribution is 5.96. The Bertz CT molecular complexity index is 1140. The number of likely N-dealkylation sites (tertiary alicyclic amines) is 1. The molecule has 2 heterocycles. The molecule has 2 aromatic carbocycles. The molecule has 2 amide bonds. The molecule has 0 bridgehead atoms. The van der Waals surface area contributed by atoms with Crippen LogP contribution in [0.2, 0.25) is 0 Å². The van der Waals surface area contributed by atoms with Gasteiger partial charge in [-0.3, -0.25) is 10.1 Å². The summed E-state index contributed by atoms with van der Waals surface area (Å²) in [6.07, 6.45) is 5.21. The largest absolute Gasteiger partial charge is 0.449 e. The first-order valence-electron chi connectivity index (χ1n) is 11.3. The Morgan fingerprint density at radius 2 is 1.88 bits per heavy atom. The minimum absolute atomic E-state index is 0.0753. The van der Waals surface area contributed by atoms with Gasteiger partial charge in [-0.2, -0.15) is 0 Å². The second-order valence-corrected chi connectivity index (χ2v) is 8.86. The molecular formula is C26H26N2O5. The van der Waals surface area contributed by atoms with Crippen molar-refractivity contribution in [1.29, 1.82) is 0 Å². The van der Waals surface area contributed by atoms with Gasteiger partial charge in [0.1, 0.15) is 6.61 Å². The summed E-state index contributed by atoms with van der Waals surface area (Å²) in [4.78, 5) is 39.6. The molecule has 170 valence electrons. The fourth-order valence-electron chi connectivity index (χ4n) is 4.90. The molecule has 1 spiro atoms. The Balaban J connectivity index is 1.27. The molecule has 2 fully saturated rings. The minimum Gasteiger partial charge on any atom is -0.449 e. The molecule has 33 heavy (non-hydrogen) atoms. The monoisotopic (exact) mass is 446 g/mol. The number of hydrogen-bond donors (Lipinski definition) is 1. The van der Waals surface area contributed by atoms with Crippen LogP contribution >= 0.6 is 0 Å². The van der Waals surface area contributed by atoms with E-state index in [-0.39, 0.29) is 18.5 Å². The van der Waals surface area contributed by atoms with Crippen LogP contribution in [0.5, 0.6) is 0 Å². The van der Waals surface area contributed by atoms with Crippen LogP contribution in [-0.2, 0) is 25.3 Å². The molecule has 3 aliphatic rings. The van der Waals surface area contributed by atoms with E-state index in [4.69, 9.17) is 9.47 Å². The van der Waals surface area contributed by atoms with Crippen LogP contribution in [0.3, 0.4) is 0 Å². The maximum atomic E-state index is 13.6. The number of esters is 1. The zero-order valence-electron chi connectivity index (χ0n) is 18.5. The SMILES string of the molecule is CC=CCOC(=O)Nc1ccc(C2(C(=O)N3CCC4(C3)OC(=O)c3ccccc34)CC2)cc1. The molecule has 5 rings (SSSR count). The number of ether oxygens (including phenoxy) is 2. The van der Waals surface area contributed by atoms with E-state index in [1.165, 1.54) is 0 Å². The van der Waals surface area contributed by atoms with Crippen LogP contribution in [-0.4, -0.2) is 42.6 Å². The van der Waals surface area contributed by atoms with Gasteiger partial charge in [0.15, 0.2) is 5.60 Å². The summed E-state index contributed by atoms with van der Waals surface area (Å²) in [6.45, 7) is 3.01. The van der Waals surface area contributed by atoms with Gasteiger partial charge in [-0.25, -0.2) is 9.59 Å². The van der Waals surface area contributed by atoms with Crippen LogP contribution in [0, 0.1) is 0 Å². The fraction of sp³-hybridized carbons (Fsp3) is 0.346. The van der Waals surface area contributed by atoms with E-state index < -0.39 is 17.1 Å². The van der Waals surface area contributed by atoms with E-state index in [0.717, 1.165) is 24.0 Å². The molecule has 0 radical (unpaired) electrons. The summed E-state index contributed by atoms with van der Waals surface area (Å²) in [5.74, 6) is -0.236. The number of rotatable bonds is 5. The average Bonchev–Trinajstić information content (AvgIpc) is 3.45. The number of hydrogen-bond acceptors (Lipinski definition) is 5. The van der Waals surface area contributed by atoms with Crippen molar-refractivity contribution in [3.8, 4) is 0 Å². The van der Waals surface area contributed by atoms with Gasteiger partial charge >= 0.3 is 12.1 Å². The quantitative estimate of drug-likeness (QED) is 0.551. The third kappa shape index (κ3) is 3.67. The van der Waals surface area contributed by atoms with Gasteiger partial charge in [0.2, 0.25) is 5.91 Å². The Morgan fingerprint density at radius 3 is 2.61 bits per heavy atom. The lowest BCUT2D eigenvalue weighted by atomic mass is 9.91. The molecule has 1 atom stereocenters. The average molecular weight is 447 g/mol. The highest BCUT2D eigenvalue weighted by Crippen LogP contribution is 2.52. The van der Waals surface area contributed by atoms with E-state index in [1.807, 2.05) is 48.2 Å². The van der Waals surface area contributed by atoms with Crippen molar-refractivity contribution < 1.29 is 23.9 Å². The van der Waals surface area contributed by atoms with E-state index >= 15 is 0 Å².